The fraction of sp³-hybridized carbons (Fsp3) is 0.0870. The van der Waals surface area contributed by atoms with Crippen LogP contribution in [0.15, 0.2) is 70.9 Å². The Morgan fingerprint density at radius 3 is 1.61 bits per heavy atom. The Balaban J connectivity index is 1.82. The van der Waals surface area contributed by atoms with Crippen molar-refractivity contribution in [1.29, 1.82) is 0 Å². The average Bonchev–Trinajstić information content (AvgIpc) is 3.31. The Labute approximate surface area is 182 Å². The second kappa shape index (κ2) is 8.45. The molecule has 156 valence electrons. The van der Waals surface area contributed by atoms with Crippen molar-refractivity contribution in [1.82, 2.24) is 0 Å². The third kappa shape index (κ3) is 3.80. The molecule has 1 fully saturated rings. The Hall–Kier alpha value is -3.91. The van der Waals surface area contributed by atoms with E-state index in [4.69, 9.17) is 9.47 Å². The van der Waals surface area contributed by atoms with Crippen molar-refractivity contribution in [3.8, 4) is 11.5 Å². The predicted octanol–water partition coefficient (Wildman–Crippen LogP) is 4.35. The normalized spacial score (nSPS) is 14.1. The van der Waals surface area contributed by atoms with Gasteiger partial charge in [0.1, 0.15) is 17.1 Å². The summed E-state index contributed by atoms with van der Waals surface area (Å²) in [4.78, 5) is 41.8. The van der Waals surface area contributed by atoms with Crippen molar-refractivity contribution in [2.24, 2.45) is 0 Å². The number of hydrogen-bond acceptors (Lipinski definition) is 6. The van der Waals surface area contributed by atoms with E-state index in [1.165, 1.54) is 31.6 Å². The quantitative estimate of drug-likeness (QED) is 0.441. The maximum atomic E-state index is 13.3. The molecule has 2 aromatic carbocycles. The third-order valence-electron chi connectivity index (χ3n) is 4.77. The molecular weight excluding hydrogens is 416 g/mol. The first kappa shape index (κ1) is 20.4. The SMILES string of the molecule is COc1ccc(N2C(=O)C(=Cc3ccsc3)C(=O)N(c3ccc(OC)cc3)C2=O)cc1. The van der Waals surface area contributed by atoms with Crippen LogP contribution in [0, 0.1) is 0 Å². The molecule has 1 saturated heterocycles. The highest BCUT2D eigenvalue weighted by Gasteiger charge is 2.43. The van der Waals surface area contributed by atoms with E-state index in [2.05, 4.69) is 0 Å². The van der Waals surface area contributed by atoms with E-state index in [1.54, 1.807) is 54.6 Å². The van der Waals surface area contributed by atoms with Crippen molar-refractivity contribution in [2.45, 2.75) is 0 Å². The largest absolute Gasteiger partial charge is 0.497 e. The van der Waals surface area contributed by atoms with Crippen molar-refractivity contribution >= 4 is 46.6 Å². The molecule has 7 nitrogen and oxygen atoms in total. The van der Waals surface area contributed by atoms with Gasteiger partial charge in [-0.15, -0.1) is 0 Å². The van der Waals surface area contributed by atoms with E-state index >= 15 is 0 Å². The summed E-state index contributed by atoms with van der Waals surface area (Å²) in [5.74, 6) is -0.206. The molecule has 1 aliphatic rings. The minimum Gasteiger partial charge on any atom is -0.497 e. The number of carbonyl (C=O) groups excluding carboxylic acids is 3. The van der Waals surface area contributed by atoms with E-state index in [1.807, 2.05) is 10.8 Å². The van der Waals surface area contributed by atoms with Crippen molar-refractivity contribution in [3.63, 3.8) is 0 Å². The number of amides is 4. The van der Waals surface area contributed by atoms with Gasteiger partial charge >= 0.3 is 6.03 Å². The van der Waals surface area contributed by atoms with Crippen molar-refractivity contribution in [2.75, 3.05) is 24.0 Å². The molecule has 1 aliphatic heterocycles. The summed E-state index contributed by atoms with van der Waals surface area (Å²) >= 11 is 1.44. The third-order valence-corrected chi connectivity index (χ3v) is 5.47. The fourth-order valence-electron chi connectivity index (χ4n) is 3.17. The van der Waals surface area contributed by atoms with Crippen LogP contribution in [0.5, 0.6) is 11.5 Å². The molecule has 0 radical (unpaired) electrons. The lowest BCUT2D eigenvalue weighted by atomic mass is 10.1. The van der Waals surface area contributed by atoms with Gasteiger partial charge in [-0.05, 0) is 77.0 Å². The Kier molecular flexibility index (Phi) is 5.55. The number of barbiturate groups is 1. The Bertz CT molecular complexity index is 1080. The summed E-state index contributed by atoms with van der Waals surface area (Å²) in [7, 11) is 3.05. The second-order valence-electron chi connectivity index (χ2n) is 6.57. The summed E-state index contributed by atoms with van der Waals surface area (Å²) in [6.07, 6.45) is 1.50. The number of rotatable bonds is 5. The van der Waals surface area contributed by atoms with Crippen molar-refractivity contribution < 1.29 is 23.9 Å². The summed E-state index contributed by atoms with van der Waals surface area (Å²) in [6.45, 7) is 0. The van der Waals surface area contributed by atoms with Crippen LogP contribution in [0.4, 0.5) is 16.2 Å². The minimum atomic E-state index is -0.757. The van der Waals surface area contributed by atoms with Gasteiger partial charge in [0.15, 0.2) is 0 Å². The molecule has 0 spiro atoms. The first-order chi connectivity index (χ1) is 15.0. The van der Waals surface area contributed by atoms with Crippen LogP contribution in [-0.2, 0) is 9.59 Å². The van der Waals surface area contributed by atoms with Gasteiger partial charge in [-0.2, -0.15) is 11.3 Å². The molecule has 0 N–H and O–H groups in total. The van der Waals surface area contributed by atoms with E-state index in [9.17, 15) is 14.4 Å². The molecule has 4 rings (SSSR count). The number of imide groups is 2. The molecule has 31 heavy (non-hydrogen) atoms. The molecule has 0 aliphatic carbocycles. The van der Waals surface area contributed by atoms with Crippen LogP contribution < -0.4 is 19.3 Å². The molecule has 4 amide bonds. The van der Waals surface area contributed by atoms with Gasteiger partial charge in [-0.25, -0.2) is 14.6 Å². The van der Waals surface area contributed by atoms with Gasteiger partial charge < -0.3 is 9.47 Å². The lowest BCUT2D eigenvalue weighted by Gasteiger charge is -2.34. The molecule has 2 heterocycles. The lowest BCUT2D eigenvalue weighted by molar-refractivity contribution is -0.121. The van der Waals surface area contributed by atoms with Crippen LogP contribution >= 0.6 is 11.3 Å². The molecule has 0 bridgehead atoms. The summed E-state index contributed by atoms with van der Waals surface area (Å²) in [6, 6.07) is 14.0. The number of nitrogens with zero attached hydrogens (tertiary/aromatic N) is 2. The van der Waals surface area contributed by atoms with Crippen LogP contribution in [0.25, 0.3) is 6.08 Å². The van der Waals surface area contributed by atoms with Gasteiger partial charge in [0, 0.05) is 0 Å². The zero-order valence-electron chi connectivity index (χ0n) is 16.8. The lowest BCUT2D eigenvalue weighted by Crippen LogP contribution is -2.57. The molecule has 3 aromatic rings. The van der Waals surface area contributed by atoms with Gasteiger partial charge in [0.25, 0.3) is 11.8 Å². The highest BCUT2D eigenvalue weighted by Crippen LogP contribution is 2.31. The number of methoxy groups -OCH3 is 2. The summed E-state index contributed by atoms with van der Waals surface area (Å²) < 4.78 is 10.3. The minimum absolute atomic E-state index is 0.107. The average molecular weight is 434 g/mol. The molecule has 0 atom stereocenters. The summed E-state index contributed by atoms with van der Waals surface area (Å²) in [5.41, 5.74) is 1.26. The number of urea groups is 1. The van der Waals surface area contributed by atoms with Crippen molar-refractivity contribution in [3.05, 3.63) is 76.5 Å². The Morgan fingerprint density at radius 2 is 1.23 bits per heavy atom. The monoisotopic (exact) mass is 434 g/mol. The zero-order valence-corrected chi connectivity index (χ0v) is 17.6. The first-order valence-corrected chi connectivity index (χ1v) is 10.2. The highest BCUT2D eigenvalue weighted by molar-refractivity contribution is 7.08. The fourth-order valence-corrected chi connectivity index (χ4v) is 3.79. The topological polar surface area (TPSA) is 76.2 Å². The maximum absolute atomic E-state index is 13.3. The van der Waals surface area contributed by atoms with Crippen LogP contribution in [0.2, 0.25) is 0 Å². The number of ether oxygens (including phenoxy) is 2. The van der Waals surface area contributed by atoms with Crippen LogP contribution in [-0.4, -0.2) is 32.1 Å². The molecular formula is C23H18N2O5S. The molecule has 0 unspecified atom stereocenters. The van der Waals surface area contributed by atoms with E-state index in [0.29, 0.717) is 28.4 Å². The van der Waals surface area contributed by atoms with Crippen LogP contribution in [0.1, 0.15) is 5.56 Å². The molecule has 0 saturated carbocycles. The summed E-state index contributed by atoms with van der Waals surface area (Å²) in [5, 5.41) is 3.66. The number of benzene rings is 2. The van der Waals surface area contributed by atoms with Gasteiger partial charge in [0.2, 0.25) is 0 Å². The van der Waals surface area contributed by atoms with E-state index in [0.717, 1.165) is 9.80 Å². The standard InChI is InChI=1S/C23H18N2O5S/c1-29-18-7-3-16(4-8-18)24-21(26)20(13-15-11-12-31-14-15)22(27)25(23(24)28)17-5-9-19(30-2)10-6-17/h3-14H,1-2H3. The Morgan fingerprint density at radius 1 is 0.742 bits per heavy atom. The number of carbonyl (C=O) groups is 3. The van der Waals surface area contributed by atoms with Crippen LogP contribution in [0.3, 0.4) is 0 Å². The maximum Gasteiger partial charge on any atom is 0.343 e. The van der Waals surface area contributed by atoms with Gasteiger partial charge in [0.05, 0.1) is 25.6 Å². The predicted molar refractivity (Wildman–Crippen MR) is 119 cm³/mol. The van der Waals surface area contributed by atoms with Gasteiger partial charge in [-0.1, -0.05) is 0 Å². The zero-order chi connectivity index (χ0) is 22.0. The second-order valence-corrected chi connectivity index (χ2v) is 7.35. The molecule has 1 aromatic heterocycles. The first-order valence-electron chi connectivity index (χ1n) is 9.28. The smallest absolute Gasteiger partial charge is 0.343 e. The van der Waals surface area contributed by atoms with Gasteiger partial charge in [-0.3, -0.25) is 9.59 Å². The van der Waals surface area contributed by atoms with E-state index < -0.39 is 17.8 Å². The molecule has 8 heteroatoms. The van der Waals surface area contributed by atoms with E-state index in [-0.39, 0.29) is 5.57 Å². The number of hydrogen-bond donors (Lipinski definition) is 0. The highest BCUT2D eigenvalue weighted by atomic mass is 32.1. The number of anilines is 2. The number of thiophene rings is 1.